The minimum absolute atomic E-state index is 0.427. The van der Waals surface area contributed by atoms with Crippen LogP contribution < -0.4 is 5.32 Å². The molecule has 1 aliphatic rings. The predicted octanol–water partition coefficient (Wildman–Crippen LogP) is 3.00. The lowest BCUT2D eigenvalue weighted by Gasteiger charge is -2.35. The predicted molar refractivity (Wildman–Crippen MR) is 80.5 cm³/mol. The molecule has 1 fully saturated rings. The minimum Gasteiger partial charge on any atom is -0.380 e. The van der Waals surface area contributed by atoms with Gasteiger partial charge in [0, 0.05) is 24.8 Å². The number of nitrogens with zero attached hydrogens (tertiary/aromatic N) is 3. The molecule has 0 spiro atoms. The van der Waals surface area contributed by atoms with Crippen LogP contribution in [0, 0.1) is 5.92 Å². The first-order chi connectivity index (χ1) is 9.10. The molecular formula is C15H28N4. The van der Waals surface area contributed by atoms with Crippen molar-refractivity contribution in [3.05, 3.63) is 12.4 Å². The smallest absolute Gasteiger partial charge is 0.0728 e. The topological polar surface area (TPSA) is 33.1 Å². The summed E-state index contributed by atoms with van der Waals surface area (Å²) in [5, 5.41) is 8.01. The van der Waals surface area contributed by atoms with Crippen molar-refractivity contribution >= 4 is 5.69 Å². The van der Waals surface area contributed by atoms with E-state index in [1.807, 2.05) is 10.9 Å². The maximum atomic E-state index is 4.39. The molecule has 1 aromatic rings. The molecule has 2 unspecified atom stereocenters. The summed E-state index contributed by atoms with van der Waals surface area (Å²) in [6, 6.07) is 0.940. The van der Waals surface area contributed by atoms with Crippen LogP contribution in [0.4, 0.5) is 5.69 Å². The van der Waals surface area contributed by atoms with Crippen molar-refractivity contribution in [2.45, 2.75) is 52.6 Å². The molecule has 0 amide bonds. The van der Waals surface area contributed by atoms with Gasteiger partial charge >= 0.3 is 0 Å². The van der Waals surface area contributed by atoms with Gasteiger partial charge in [0.25, 0.3) is 0 Å². The number of anilines is 1. The van der Waals surface area contributed by atoms with Crippen molar-refractivity contribution in [3.63, 3.8) is 0 Å². The standard InChI is InChI=1S/C15H28N4/c1-5-18-8-6-7-14(10-18)13(4)17-15-9-16-19(11-15)12(2)3/h9,11-14,17H,5-8,10H2,1-4H3. The Kier molecular flexibility index (Phi) is 4.86. The Labute approximate surface area is 117 Å². The summed E-state index contributed by atoms with van der Waals surface area (Å²) in [6.07, 6.45) is 6.72. The molecule has 4 nitrogen and oxygen atoms in total. The van der Waals surface area contributed by atoms with Crippen LogP contribution in [-0.4, -0.2) is 40.4 Å². The van der Waals surface area contributed by atoms with Crippen molar-refractivity contribution in [1.29, 1.82) is 0 Å². The molecule has 0 aromatic carbocycles. The van der Waals surface area contributed by atoms with E-state index in [-0.39, 0.29) is 0 Å². The van der Waals surface area contributed by atoms with Crippen LogP contribution >= 0.6 is 0 Å². The molecule has 0 saturated carbocycles. The molecule has 4 heteroatoms. The summed E-state index contributed by atoms with van der Waals surface area (Å²) < 4.78 is 2.01. The highest BCUT2D eigenvalue weighted by atomic mass is 15.3. The van der Waals surface area contributed by atoms with E-state index in [0.29, 0.717) is 12.1 Å². The summed E-state index contributed by atoms with van der Waals surface area (Å²) in [5.41, 5.74) is 1.15. The first-order valence-corrected chi connectivity index (χ1v) is 7.63. The molecule has 1 saturated heterocycles. The number of aromatic nitrogens is 2. The lowest BCUT2D eigenvalue weighted by atomic mass is 9.91. The van der Waals surface area contributed by atoms with Crippen LogP contribution in [0.1, 0.15) is 46.6 Å². The van der Waals surface area contributed by atoms with E-state index < -0.39 is 0 Å². The summed E-state index contributed by atoms with van der Waals surface area (Å²) in [6.45, 7) is 12.5. The van der Waals surface area contributed by atoms with Gasteiger partial charge in [-0.3, -0.25) is 4.68 Å². The summed E-state index contributed by atoms with van der Waals surface area (Å²) >= 11 is 0. The Morgan fingerprint density at radius 3 is 2.84 bits per heavy atom. The van der Waals surface area contributed by atoms with E-state index in [1.165, 1.54) is 32.5 Å². The molecule has 2 rings (SSSR count). The van der Waals surface area contributed by atoms with Gasteiger partial charge in [0.2, 0.25) is 0 Å². The van der Waals surface area contributed by atoms with E-state index in [0.717, 1.165) is 11.6 Å². The zero-order valence-corrected chi connectivity index (χ0v) is 12.8. The molecule has 108 valence electrons. The van der Waals surface area contributed by atoms with E-state index in [9.17, 15) is 0 Å². The van der Waals surface area contributed by atoms with Crippen LogP contribution in [-0.2, 0) is 0 Å². The van der Waals surface area contributed by atoms with E-state index >= 15 is 0 Å². The first kappa shape index (κ1) is 14.4. The van der Waals surface area contributed by atoms with Crippen molar-refractivity contribution in [2.75, 3.05) is 25.0 Å². The Hall–Kier alpha value is -1.03. The quantitative estimate of drug-likeness (QED) is 0.887. The fourth-order valence-corrected chi connectivity index (χ4v) is 2.86. The Balaban J connectivity index is 1.90. The van der Waals surface area contributed by atoms with Crippen molar-refractivity contribution in [3.8, 4) is 0 Å². The molecule has 0 radical (unpaired) electrons. The van der Waals surface area contributed by atoms with Gasteiger partial charge < -0.3 is 10.2 Å². The van der Waals surface area contributed by atoms with Crippen LogP contribution in [0.3, 0.4) is 0 Å². The first-order valence-electron chi connectivity index (χ1n) is 7.63. The molecule has 1 N–H and O–H groups in total. The molecule has 19 heavy (non-hydrogen) atoms. The largest absolute Gasteiger partial charge is 0.380 e. The maximum absolute atomic E-state index is 4.39. The second-order valence-electron chi connectivity index (χ2n) is 6.03. The third kappa shape index (κ3) is 3.72. The average molecular weight is 264 g/mol. The molecule has 2 heterocycles. The number of nitrogens with one attached hydrogen (secondary N) is 1. The van der Waals surface area contributed by atoms with Crippen LogP contribution in [0.5, 0.6) is 0 Å². The zero-order chi connectivity index (χ0) is 13.8. The molecular weight excluding hydrogens is 236 g/mol. The van der Waals surface area contributed by atoms with E-state index in [2.05, 4.69) is 49.2 Å². The lowest BCUT2D eigenvalue weighted by Crippen LogP contribution is -2.41. The maximum Gasteiger partial charge on any atom is 0.0728 e. The van der Waals surface area contributed by atoms with E-state index in [1.54, 1.807) is 0 Å². The third-order valence-corrected chi connectivity index (χ3v) is 4.22. The van der Waals surface area contributed by atoms with Gasteiger partial charge in [0.05, 0.1) is 11.9 Å². The molecule has 0 aliphatic carbocycles. The molecule has 1 aromatic heterocycles. The Morgan fingerprint density at radius 1 is 1.42 bits per heavy atom. The van der Waals surface area contributed by atoms with Gasteiger partial charge in [-0.2, -0.15) is 5.10 Å². The normalized spacial score (nSPS) is 22.7. The number of piperidine rings is 1. The van der Waals surface area contributed by atoms with Crippen molar-refractivity contribution in [2.24, 2.45) is 5.92 Å². The van der Waals surface area contributed by atoms with Gasteiger partial charge in [-0.15, -0.1) is 0 Å². The minimum atomic E-state index is 0.427. The summed E-state index contributed by atoms with van der Waals surface area (Å²) in [7, 11) is 0. The van der Waals surface area contributed by atoms with Gasteiger partial charge in [-0.25, -0.2) is 0 Å². The van der Waals surface area contributed by atoms with Crippen molar-refractivity contribution < 1.29 is 0 Å². The highest BCUT2D eigenvalue weighted by Crippen LogP contribution is 2.22. The molecule has 2 atom stereocenters. The average Bonchev–Trinajstić information content (AvgIpc) is 2.87. The number of likely N-dealkylation sites (tertiary alicyclic amines) is 1. The van der Waals surface area contributed by atoms with Gasteiger partial charge in [0.15, 0.2) is 0 Å². The SMILES string of the molecule is CCN1CCCC(C(C)Nc2cnn(C(C)C)c2)C1. The van der Waals surface area contributed by atoms with Gasteiger partial charge in [-0.05, 0) is 52.6 Å². The van der Waals surface area contributed by atoms with Crippen LogP contribution in [0.25, 0.3) is 0 Å². The fourth-order valence-electron chi connectivity index (χ4n) is 2.86. The number of rotatable bonds is 5. The highest BCUT2D eigenvalue weighted by Gasteiger charge is 2.23. The fraction of sp³-hybridized carbons (Fsp3) is 0.800. The second kappa shape index (κ2) is 6.42. The lowest BCUT2D eigenvalue weighted by molar-refractivity contribution is 0.172. The van der Waals surface area contributed by atoms with E-state index in [4.69, 9.17) is 0 Å². The van der Waals surface area contributed by atoms with Gasteiger partial charge in [0.1, 0.15) is 0 Å². The Bertz CT molecular complexity index is 385. The number of hydrogen-bond donors (Lipinski definition) is 1. The van der Waals surface area contributed by atoms with Gasteiger partial charge in [-0.1, -0.05) is 6.92 Å². The summed E-state index contributed by atoms with van der Waals surface area (Å²) in [4.78, 5) is 2.56. The summed E-state index contributed by atoms with van der Waals surface area (Å²) in [5.74, 6) is 0.746. The number of hydrogen-bond acceptors (Lipinski definition) is 3. The van der Waals surface area contributed by atoms with Crippen LogP contribution in [0.2, 0.25) is 0 Å². The van der Waals surface area contributed by atoms with Crippen molar-refractivity contribution in [1.82, 2.24) is 14.7 Å². The van der Waals surface area contributed by atoms with Crippen LogP contribution in [0.15, 0.2) is 12.4 Å². The monoisotopic (exact) mass is 264 g/mol. The molecule has 0 bridgehead atoms. The second-order valence-corrected chi connectivity index (χ2v) is 6.03. The highest BCUT2D eigenvalue weighted by molar-refractivity contribution is 5.39. The zero-order valence-electron chi connectivity index (χ0n) is 12.8. The molecule has 1 aliphatic heterocycles. The third-order valence-electron chi connectivity index (χ3n) is 4.22. The Morgan fingerprint density at radius 2 is 2.21 bits per heavy atom.